The third-order valence-electron chi connectivity index (χ3n) is 3.68. The van der Waals surface area contributed by atoms with Crippen molar-refractivity contribution < 1.29 is 9.18 Å². The van der Waals surface area contributed by atoms with Gasteiger partial charge in [0, 0.05) is 11.3 Å². The van der Waals surface area contributed by atoms with E-state index in [1.165, 1.54) is 24.3 Å². The zero-order valence-electron chi connectivity index (χ0n) is 13.2. The van der Waals surface area contributed by atoms with Gasteiger partial charge in [0.15, 0.2) is 0 Å². The summed E-state index contributed by atoms with van der Waals surface area (Å²) in [6, 6.07) is 12.6. The monoisotopic (exact) mass is 343 g/mol. The highest BCUT2D eigenvalue weighted by molar-refractivity contribution is 6.31. The Hall–Kier alpha value is -2.66. The average Bonchev–Trinajstić information content (AvgIpc) is 2.84. The Morgan fingerprint density at radius 3 is 2.25 bits per heavy atom. The van der Waals surface area contributed by atoms with Crippen LogP contribution in [0.4, 0.5) is 10.1 Å². The van der Waals surface area contributed by atoms with Gasteiger partial charge in [-0.3, -0.25) is 4.79 Å². The van der Waals surface area contributed by atoms with E-state index < -0.39 is 0 Å². The molecule has 0 atom stereocenters. The van der Waals surface area contributed by atoms with E-state index in [0.717, 1.165) is 17.1 Å². The van der Waals surface area contributed by atoms with Crippen LogP contribution in [0.3, 0.4) is 0 Å². The Bertz CT molecular complexity index is 886. The molecule has 1 amide bonds. The van der Waals surface area contributed by atoms with Crippen molar-refractivity contribution >= 4 is 23.2 Å². The predicted octanol–water partition coefficient (Wildman–Crippen LogP) is 4.53. The lowest BCUT2D eigenvalue weighted by Crippen LogP contribution is -2.12. The van der Waals surface area contributed by atoms with Crippen LogP contribution in [0.25, 0.3) is 5.69 Å². The molecule has 122 valence electrons. The van der Waals surface area contributed by atoms with Crippen LogP contribution in [0.15, 0.2) is 48.5 Å². The second-order valence-corrected chi connectivity index (χ2v) is 5.78. The second-order valence-electron chi connectivity index (χ2n) is 5.40. The summed E-state index contributed by atoms with van der Waals surface area (Å²) in [5.74, 6) is -0.611. The van der Waals surface area contributed by atoms with Crippen LogP contribution in [-0.2, 0) is 0 Å². The van der Waals surface area contributed by atoms with E-state index in [1.807, 2.05) is 13.8 Å². The number of nitrogens with one attached hydrogen (secondary N) is 1. The number of anilines is 1. The molecule has 0 fully saturated rings. The van der Waals surface area contributed by atoms with Crippen molar-refractivity contribution in [3.05, 3.63) is 76.3 Å². The summed E-state index contributed by atoms with van der Waals surface area (Å²) in [5, 5.41) is 7.73. The van der Waals surface area contributed by atoms with E-state index in [-0.39, 0.29) is 11.7 Å². The summed E-state index contributed by atoms with van der Waals surface area (Å²) in [6.45, 7) is 3.73. The minimum Gasteiger partial charge on any atom is -0.322 e. The van der Waals surface area contributed by atoms with Gasteiger partial charge in [0.05, 0.1) is 22.1 Å². The lowest BCUT2D eigenvalue weighted by Gasteiger charge is -2.07. The van der Waals surface area contributed by atoms with Crippen molar-refractivity contribution in [1.29, 1.82) is 0 Å². The minimum absolute atomic E-state index is 0.264. The third kappa shape index (κ3) is 3.16. The summed E-state index contributed by atoms with van der Waals surface area (Å²) >= 11 is 6.16. The summed E-state index contributed by atoms with van der Waals surface area (Å²) in [5.41, 5.74) is 3.46. The summed E-state index contributed by atoms with van der Waals surface area (Å²) in [4.78, 5) is 12.2. The van der Waals surface area contributed by atoms with Crippen molar-refractivity contribution in [2.24, 2.45) is 0 Å². The van der Waals surface area contributed by atoms with E-state index in [1.54, 1.807) is 28.9 Å². The van der Waals surface area contributed by atoms with Crippen molar-refractivity contribution in [3.63, 3.8) is 0 Å². The van der Waals surface area contributed by atoms with Gasteiger partial charge in [-0.25, -0.2) is 9.07 Å². The molecule has 6 heteroatoms. The Morgan fingerprint density at radius 2 is 1.71 bits per heavy atom. The first-order valence-electron chi connectivity index (χ1n) is 7.35. The second kappa shape index (κ2) is 6.45. The van der Waals surface area contributed by atoms with Gasteiger partial charge < -0.3 is 5.32 Å². The van der Waals surface area contributed by atoms with Gasteiger partial charge in [-0.2, -0.15) is 5.10 Å². The minimum atomic E-state index is -0.346. The Morgan fingerprint density at radius 1 is 1.08 bits per heavy atom. The van der Waals surface area contributed by atoms with Gasteiger partial charge >= 0.3 is 0 Å². The number of carbonyl (C=O) groups excluding carboxylic acids is 1. The topological polar surface area (TPSA) is 46.9 Å². The summed E-state index contributed by atoms with van der Waals surface area (Å²) in [6.07, 6.45) is 0. The first-order chi connectivity index (χ1) is 11.5. The first-order valence-corrected chi connectivity index (χ1v) is 7.72. The quantitative estimate of drug-likeness (QED) is 0.759. The van der Waals surface area contributed by atoms with Crippen molar-refractivity contribution in [2.75, 3.05) is 5.32 Å². The van der Waals surface area contributed by atoms with Crippen LogP contribution in [0.5, 0.6) is 0 Å². The first kappa shape index (κ1) is 16.2. The van der Waals surface area contributed by atoms with E-state index in [2.05, 4.69) is 10.4 Å². The molecule has 0 aliphatic carbocycles. The number of rotatable bonds is 3. The highest BCUT2D eigenvalue weighted by Gasteiger charge is 2.12. The SMILES string of the molecule is Cc1nn(-c2ccc(C(=O)Nc3ccc(F)cc3)cc2)c(C)c1Cl. The van der Waals surface area contributed by atoms with Gasteiger partial charge in [0.25, 0.3) is 5.91 Å². The molecule has 0 aliphatic heterocycles. The molecule has 0 spiro atoms. The van der Waals surface area contributed by atoms with Crippen molar-refractivity contribution in [3.8, 4) is 5.69 Å². The number of aromatic nitrogens is 2. The van der Waals surface area contributed by atoms with Gasteiger partial charge in [0.2, 0.25) is 0 Å². The van der Waals surface area contributed by atoms with Gasteiger partial charge in [-0.15, -0.1) is 0 Å². The standard InChI is InChI=1S/C18H15ClFN3O/c1-11-17(19)12(2)23(22-11)16-9-3-13(4-10-16)18(24)21-15-7-5-14(20)6-8-15/h3-10H,1-2H3,(H,21,24). The Labute approximate surface area is 143 Å². The van der Waals surface area contributed by atoms with Crippen LogP contribution in [0.2, 0.25) is 5.02 Å². The van der Waals surface area contributed by atoms with Crippen LogP contribution >= 0.6 is 11.6 Å². The van der Waals surface area contributed by atoms with Crippen molar-refractivity contribution in [1.82, 2.24) is 9.78 Å². The molecule has 2 aromatic carbocycles. The molecule has 24 heavy (non-hydrogen) atoms. The average molecular weight is 344 g/mol. The molecule has 0 unspecified atom stereocenters. The van der Waals surface area contributed by atoms with Crippen LogP contribution in [-0.4, -0.2) is 15.7 Å². The Kier molecular flexibility index (Phi) is 4.36. The fourth-order valence-corrected chi connectivity index (χ4v) is 2.48. The van der Waals surface area contributed by atoms with Crippen LogP contribution < -0.4 is 5.32 Å². The number of hydrogen-bond donors (Lipinski definition) is 1. The third-order valence-corrected chi connectivity index (χ3v) is 4.23. The molecular weight excluding hydrogens is 329 g/mol. The highest BCUT2D eigenvalue weighted by atomic mass is 35.5. The number of benzene rings is 2. The van der Waals surface area contributed by atoms with Gasteiger partial charge in [-0.1, -0.05) is 11.6 Å². The van der Waals surface area contributed by atoms with Crippen LogP contribution in [0.1, 0.15) is 21.7 Å². The fraction of sp³-hybridized carbons (Fsp3) is 0.111. The Balaban J connectivity index is 1.80. The van der Waals surface area contributed by atoms with Crippen LogP contribution in [0, 0.1) is 19.7 Å². The molecule has 3 rings (SSSR count). The molecule has 0 bridgehead atoms. The summed E-state index contributed by atoms with van der Waals surface area (Å²) in [7, 11) is 0. The molecule has 1 N–H and O–H groups in total. The van der Waals surface area contributed by atoms with Gasteiger partial charge in [-0.05, 0) is 62.4 Å². The normalized spacial score (nSPS) is 10.7. The molecule has 0 aliphatic rings. The maximum Gasteiger partial charge on any atom is 0.255 e. The maximum absolute atomic E-state index is 12.9. The number of nitrogens with zero attached hydrogens (tertiary/aromatic N) is 2. The number of carbonyl (C=O) groups is 1. The van der Waals surface area contributed by atoms with E-state index in [4.69, 9.17) is 11.6 Å². The van der Waals surface area contributed by atoms with Crippen molar-refractivity contribution in [2.45, 2.75) is 13.8 Å². The van der Waals surface area contributed by atoms with E-state index in [9.17, 15) is 9.18 Å². The molecule has 0 saturated heterocycles. The zero-order valence-corrected chi connectivity index (χ0v) is 13.9. The lowest BCUT2D eigenvalue weighted by molar-refractivity contribution is 0.102. The maximum atomic E-state index is 12.9. The summed E-state index contributed by atoms with van der Waals surface area (Å²) < 4.78 is 14.6. The largest absolute Gasteiger partial charge is 0.322 e. The van der Waals surface area contributed by atoms with E-state index >= 15 is 0 Å². The van der Waals surface area contributed by atoms with E-state index in [0.29, 0.717) is 16.3 Å². The number of amides is 1. The highest BCUT2D eigenvalue weighted by Crippen LogP contribution is 2.22. The zero-order chi connectivity index (χ0) is 17.3. The molecule has 3 aromatic rings. The number of aryl methyl sites for hydroxylation is 1. The molecule has 0 saturated carbocycles. The predicted molar refractivity (Wildman–Crippen MR) is 92.4 cm³/mol. The molecular formula is C18H15ClFN3O. The van der Waals surface area contributed by atoms with Gasteiger partial charge in [0.1, 0.15) is 5.82 Å². The fourth-order valence-electron chi connectivity index (χ4n) is 2.37. The molecule has 1 heterocycles. The molecule has 1 aromatic heterocycles. The molecule has 4 nitrogen and oxygen atoms in total. The smallest absolute Gasteiger partial charge is 0.255 e. The lowest BCUT2D eigenvalue weighted by atomic mass is 10.2. The molecule has 0 radical (unpaired) electrons. The number of hydrogen-bond acceptors (Lipinski definition) is 2. The number of halogens is 2.